The van der Waals surface area contributed by atoms with Gasteiger partial charge in [0.1, 0.15) is 17.9 Å². The summed E-state index contributed by atoms with van der Waals surface area (Å²) >= 11 is 0. The van der Waals surface area contributed by atoms with E-state index in [1.165, 1.54) is 13.2 Å². The molecule has 198 valence electrons. The zero-order valence-corrected chi connectivity index (χ0v) is 20.7. The van der Waals surface area contributed by atoms with Crippen LogP contribution in [0.25, 0.3) is 0 Å². The minimum Gasteiger partial charge on any atom is -0.495 e. The molecule has 1 aliphatic carbocycles. The number of hydrazine groups is 1. The van der Waals surface area contributed by atoms with Gasteiger partial charge >= 0.3 is 6.18 Å². The molecule has 0 spiro atoms. The first-order chi connectivity index (χ1) is 18.1. The molecule has 0 aromatic heterocycles. The van der Waals surface area contributed by atoms with Crippen LogP contribution in [0.15, 0.2) is 54.4 Å². The third kappa shape index (κ3) is 4.56. The van der Waals surface area contributed by atoms with Crippen molar-refractivity contribution in [3.05, 3.63) is 71.1 Å². The maximum atomic E-state index is 13.6. The van der Waals surface area contributed by atoms with Gasteiger partial charge in [-0.05, 0) is 61.6 Å². The number of hydrogen-bond donors (Lipinski definition) is 2. The second-order valence-corrected chi connectivity index (χ2v) is 9.76. The highest BCUT2D eigenvalue weighted by atomic mass is 19.4. The summed E-state index contributed by atoms with van der Waals surface area (Å²) in [5.41, 5.74) is 5.71. The molecule has 38 heavy (non-hydrogen) atoms. The van der Waals surface area contributed by atoms with Crippen molar-refractivity contribution in [2.45, 2.75) is 43.9 Å². The number of nitrogens with zero attached hydrogens (tertiary/aromatic N) is 3. The molecule has 2 atom stereocenters. The summed E-state index contributed by atoms with van der Waals surface area (Å²) < 4.78 is 43.7. The van der Waals surface area contributed by atoms with Crippen LogP contribution in [0.2, 0.25) is 0 Å². The van der Waals surface area contributed by atoms with Crippen molar-refractivity contribution < 1.29 is 27.5 Å². The van der Waals surface area contributed by atoms with E-state index in [4.69, 9.17) is 4.74 Å². The predicted molar refractivity (Wildman–Crippen MR) is 132 cm³/mol. The van der Waals surface area contributed by atoms with E-state index in [9.17, 15) is 28.0 Å². The molecular formula is C27H26F3N5O3. The minimum absolute atomic E-state index is 0.0819. The number of rotatable bonds is 5. The van der Waals surface area contributed by atoms with Crippen LogP contribution in [0.1, 0.15) is 47.2 Å². The molecule has 11 heteroatoms. The summed E-state index contributed by atoms with van der Waals surface area (Å²) in [7, 11) is 1.44. The highest BCUT2D eigenvalue weighted by Crippen LogP contribution is 2.49. The van der Waals surface area contributed by atoms with Crippen LogP contribution < -0.4 is 20.4 Å². The first kappa shape index (κ1) is 25.6. The van der Waals surface area contributed by atoms with Gasteiger partial charge in [0.25, 0.3) is 11.8 Å². The van der Waals surface area contributed by atoms with Gasteiger partial charge < -0.3 is 10.1 Å². The monoisotopic (exact) mass is 525 g/mol. The summed E-state index contributed by atoms with van der Waals surface area (Å²) in [6.45, 7) is 2.11. The van der Waals surface area contributed by atoms with Gasteiger partial charge in [-0.3, -0.25) is 19.5 Å². The molecule has 0 radical (unpaired) electrons. The van der Waals surface area contributed by atoms with E-state index in [0.717, 1.165) is 5.56 Å². The van der Waals surface area contributed by atoms with Crippen molar-refractivity contribution in [3.8, 4) is 11.8 Å². The number of nitrogens with one attached hydrogen (secondary N) is 2. The average Bonchev–Trinajstić information content (AvgIpc) is 3.24. The smallest absolute Gasteiger partial charge is 0.391 e. The predicted octanol–water partition coefficient (Wildman–Crippen LogP) is 3.82. The first-order valence-electron chi connectivity index (χ1n) is 12.2. The highest BCUT2D eigenvalue weighted by molar-refractivity contribution is 6.02. The molecule has 2 fully saturated rings. The van der Waals surface area contributed by atoms with Gasteiger partial charge in [-0.1, -0.05) is 12.1 Å². The zero-order valence-electron chi connectivity index (χ0n) is 20.7. The molecule has 2 amide bonds. The van der Waals surface area contributed by atoms with Crippen molar-refractivity contribution in [1.82, 2.24) is 15.8 Å². The van der Waals surface area contributed by atoms with Crippen LogP contribution >= 0.6 is 0 Å². The summed E-state index contributed by atoms with van der Waals surface area (Å²) in [6.07, 6.45) is -2.21. The molecule has 2 N–H and O–H groups in total. The van der Waals surface area contributed by atoms with E-state index in [-0.39, 0.29) is 35.8 Å². The van der Waals surface area contributed by atoms with Crippen LogP contribution in [0, 0.1) is 17.2 Å². The fourth-order valence-corrected chi connectivity index (χ4v) is 5.29. The number of nitriles is 1. The van der Waals surface area contributed by atoms with E-state index in [1.54, 1.807) is 59.4 Å². The van der Waals surface area contributed by atoms with Gasteiger partial charge in [0.15, 0.2) is 0 Å². The van der Waals surface area contributed by atoms with E-state index >= 15 is 0 Å². The standard InChI is InChI=1S/C27H26F3N5O3/c1-15-14-34-24(22(13-32-34)33-25(36)17-5-8-23(38-2)19(9-17)12-31)26(37)35(15)21-6-3-16(4-7-21)18-10-20(11-18)27(28,29)30/h3-9,14,18,20,22,24,32H,10-11,13H2,1-2H3,(H,33,36)/t18?,20?,22-,24?/m0/s1. The first-order valence-corrected chi connectivity index (χ1v) is 12.2. The Kier molecular flexibility index (Phi) is 6.53. The Morgan fingerprint density at radius 2 is 1.89 bits per heavy atom. The Balaban J connectivity index is 1.30. The van der Waals surface area contributed by atoms with E-state index in [2.05, 4.69) is 10.7 Å². The van der Waals surface area contributed by atoms with Crippen LogP contribution in [0.4, 0.5) is 18.9 Å². The Labute approximate surface area is 217 Å². The minimum atomic E-state index is -4.16. The number of hydrogen-bond acceptors (Lipinski definition) is 6. The number of ether oxygens (including phenoxy) is 1. The lowest BCUT2D eigenvalue weighted by atomic mass is 9.71. The Morgan fingerprint density at radius 3 is 2.53 bits per heavy atom. The van der Waals surface area contributed by atoms with Gasteiger partial charge in [0, 0.05) is 29.7 Å². The van der Waals surface area contributed by atoms with Gasteiger partial charge in [-0.15, -0.1) is 0 Å². The SMILES string of the molecule is COc1ccc(C(=O)N[C@H]2CNN3C=C(C)N(c4ccc(C5CC(C(F)(F)F)C5)cc4)C(=O)C23)cc1C#N. The van der Waals surface area contributed by atoms with Crippen LogP contribution in [-0.2, 0) is 4.79 Å². The van der Waals surface area contributed by atoms with E-state index in [1.807, 2.05) is 6.07 Å². The molecule has 1 saturated heterocycles. The molecule has 5 rings (SSSR count). The molecule has 1 saturated carbocycles. The molecule has 8 nitrogen and oxygen atoms in total. The molecule has 3 aliphatic rings. The van der Waals surface area contributed by atoms with Crippen molar-refractivity contribution >= 4 is 17.5 Å². The number of halogens is 3. The number of carbonyl (C=O) groups excluding carboxylic acids is 2. The van der Waals surface area contributed by atoms with E-state index in [0.29, 0.717) is 23.7 Å². The maximum Gasteiger partial charge on any atom is 0.391 e. The van der Waals surface area contributed by atoms with Gasteiger partial charge in [0.05, 0.1) is 24.6 Å². The number of carbonyl (C=O) groups is 2. The number of amides is 2. The van der Waals surface area contributed by atoms with Crippen molar-refractivity contribution in [2.24, 2.45) is 5.92 Å². The second-order valence-electron chi connectivity index (χ2n) is 9.76. The van der Waals surface area contributed by atoms with Crippen LogP contribution in [0.3, 0.4) is 0 Å². The number of alkyl halides is 3. The third-order valence-electron chi connectivity index (χ3n) is 7.45. The fraction of sp³-hybridized carbons (Fsp3) is 0.370. The van der Waals surface area contributed by atoms with Crippen molar-refractivity contribution in [2.75, 3.05) is 18.6 Å². The number of anilines is 1. The lowest BCUT2D eigenvalue weighted by Gasteiger charge is -2.38. The fourth-order valence-electron chi connectivity index (χ4n) is 5.29. The maximum absolute atomic E-state index is 13.6. The lowest BCUT2D eigenvalue weighted by Crippen LogP contribution is -2.56. The third-order valence-corrected chi connectivity index (χ3v) is 7.45. The number of methoxy groups -OCH3 is 1. The largest absolute Gasteiger partial charge is 0.495 e. The zero-order chi connectivity index (χ0) is 27.2. The van der Waals surface area contributed by atoms with E-state index < -0.39 is 30.1 Å². The molecule has 1 unspecified atom stereocenters. The molecule has 2 aliphatic heterocycles. The molecule has 0 bridgehead atoms. The van der Waals surface area contributed by atoms with Gasteiger partial charge in [0.2, 0.25) is 0 Å². The summed E-state index contributed by atoms with van der Waals surface area (Å²) in [4.78, 5) is 28.2. The second kappa shape index (κ2) is 9.68. The van der Waals surface area contributed by atoms with Crippen LogP contribution in [-0.4, -0.2) is 48.7 Å². The lowest BCUT2D eigenvalue weighted by molar-refractivity contribution is -0.197. The molecule has 2 aromatic carbocycles. The van der Waals surface area contributed by atoms with Crippen LogP contribution in [0.5, 0.6) is 5.75 Å². The summed E-state index contributed by atoms with van der Waals surface area (Å²) in [6, 6.07) is 12.3. The molecular weight excluding hydrogens is 499 g/mol. The van der Waals surface area contributed by atoms with Gasteiger partial charge in [-0.25, -0.2) is 5.43 Å². The Morgan fingerprint density at radius 1 is 1.18 bits per heavy atom. The summed E-state index contributed by atoms with van der Waals surface area (Å²) in [5.74, 6) is -1.71. The Hall–Kier alpha value is -4.04. The quantitative estimate of drug-likeness (QED) is 0.616. The molecule has 2 heterocycles. The average molecular weight is 526 g/mol. The van der Waals surface area contributed by atoms with Crippen molar-refractivity contribution in [3.63, 3.8) is 0 Å². The topological polar surface area (TPSA) is 97.7 Å². The van der Waals surface area contributed by atoms with Gasteiger partial charge in [-0.2, -0.15) is 18.4 Å². The normalized spacial score (nSPS) is 24.7. The highest BCUT2D eigenvalue weighted by Gasteiger charge is 2.48. The van der Waals surface area contributed by atoms with Crippen molar-refractivity contribution in [1.29, 1.82) is 5.26 Å². The Bertz CT molecular complexity index is 1330. The molecule has 2 aromatic rings. The number of allylic oxidation sites excluding steroid dienone is 1. The number of benzene rings is 2. The summed E-state index contributed by atoms with van der Waals surface area (Å²) in [5, 5.41) is 13.9. The number of fused-ring (bicyclic) bond motifs is 1.